The summed E-state index contributed by atoms with van der Waals surface area (Å²) in [6.45, 7) is 2.19. The van der Waals surface area contributed by atoms with Crippen LogP contribution in [0, 0.1) is 5.82 Å². The molecule has 0 fully saturated rings. The van der Waals surface area contributed by atoms with E-state index < -0.39 is 0 Å². The quantitative estimate of drug-likeness (QED) is 0.667. The van der Waals surface area contributed by atoms with E-state index in [2.05, 4.69) is 30.1 Å². The summed E-state index contributed by atoms with van der Waals surface area (Å²) in [5, 5.41) is 0. The molecule has 5 heteroatoms. The van der Waals surface area contributed by atoms with E-state index in [9.17, 15) is 9.18 Å². The number of thiazole rings is 1. The molecule has 0 aliphatic carbocycles. The molecule has 1 amide bonds. The largest absolute Gasteiger partial charge is 0.319 e. The first-order chi connectivity index (χ1) is 12.1. The van der Waals surface area contributed by atoms with Gasteiger partial charge in [-0.05, 0) is 48.2 Å². The van der Waals surface area contributed by atoms with Crippen molar-refractivity contribution in [3.8, 4) is 0 Å². The number of rotatable bonds is 5. The molecule has 0 saturated carbocycles. The van der Waals surface area contributed by atoms with Crippen molar-refractivity contribution in [3.05, 3.63) is 64.2 Å². The van der Waals surface area contributed by atoms with Crippen LogP contribution < -0.4 is 4.80 Å². The third-order valence-electron chi connectivity index (χ3n) is 4.18. The average Bonchev–Trinajstić information content (AvgIpc) is 2.90. The fraction of sp³-hybridized carbons (Fsp3) is 0.300. The molecule has 3 rings (SSSR count). The highest BCUT2D eigenvalue weighted by Crippen LogP contribution is 2.19. The van der Waals surface area contributed by atoms with Gasteiger partial charge < -0.3 is 4.57 Å². The van der Waals surface area contributed by atoms with Crippen molar-refractivity contribution >= 4 is 27.5 Å². The van der Waals surface area contributed by atoms with E-state index in [1.165, 1.54) is 41.9 Å². The average molecular weight is 356 g/mol. The van der Waals surface area contributed by atoms with Crippen molar-refractivity contribution in [1.82, 2.24) is 4.57 Å². The molecule has 2 aromatic carbocycles. The first-order valence-corrected chi connectivity index (χ1v) is 9.29. The molecule has 0 unspecified atom stereocenters. The van der Waals surface area contributed by atoms with Crippen molar-refractivity contribution in [2.75, 3.05) is 0 Å². The van der Waals surface area contributed by atoms with Gasteiger partial charge in [-0.15, -0.1) is 0 Å². The molecule has 0 N–H and O–H groups in total. The van der Waals surface area contributed by atoms with Gasteiger partial charge in [0.25, 0.3) is 5.91 Å². The fourth-order valence-electron chi connectivity index (χ4n) is 2.74. The van der Waals surface area contributed by atoms with Gasteiger partial charge in [0.05, 0.1) is 16.6 Å². The first-order valence-electron chi connectivity index (χ1n) is 8.47. The van der Waals surface area contributed by atoms with Crippen LogP contribution in [0.2, 0.25) is 0 Å². The van der Waals surface area contributed by atoms with Gasteiger partial charge in [0.15, 0.2) is 4.80 Å². The SMILES string of the molecule is CCCCc1ccc2c(c1)sc(=NC(=O)Cc1ccc(F)cc1)n2C. The predicted octanol–water partition coefficient (Wildman–Crippen LogP) is 4.39. The molecule has 0 spiro atoms. The zero-order chi connectivity index (χ0) is 17.8. The molecule has 0 bridgehead atoms. The molecule has 25 heavy (non-hydrogen) atoms. The third-order valence-corrected chi connectivity index (χ3v) is 5.28. The van der Waals surface area contributed by atoms with Crippen LogP contribution in [0.15, 0.2) is 47.5 Å². The Kier molecular flexibility index (Phi) is 5.43. The van der Waals surface area contributed by atoms with Gasteiger partial charge in [-0.3, -0.25) is 4.79 Å². The molecule has 0 radical (unpaired) electrons. The monoisotopic (exact) mass is 356 g/mol. The van der Waals surface area contributed by atoms with Crippen LogP contribution in [0.5, 0.6) is 0 Å². The van der Waals surface area contributed by atoms with Crippen molar-refractivity contribution in [3.63, 3.8) is 0 Å². The number of carbonyl (C=O) groups excluding carboxylic acids is 1. The van der Waals surface area contributed by atoms with Gasteiger partial charge in [0, 0.05) is 7.05 Å². The van der Waals surface area contributed by atoms with Gasteiger partial charge in [0.1, 0.15) is 5.82 Å². The second-order valence-corrected chi connectivity index (χ2v) is 7.17. The lowest BCUT2D eigenvalue weighted by Crippen LogP contribution is -2.14. The molecule has 0 aliphatic rings. The van der Waals surface area contributed by atoms with E-state index in [1.54, 1.807) is 12.1 Å². The topological polar surface area (TPSA) is 34.4 Å². The standard InChI is InChI=1S/C20H21FN2OS/c1-3-4-5-14-8-11-17-18(12-14)25-20(23(17)2)22-19(24)13-15-6-9-16(21)10-7-15/h6-12H,3-5,13H2,1-2H3. The summed E-state index contributed by atoms with van der Waals surface area (Å²) in [4.78, 5) is 17.2. The number of hydrogen-bond acceptors (Lipinski definition) is 2. The summed E-state index contributed by atoms with van der Waals surface area (Å²) in [6, 6.07) is 12.4. The molecule has 3 aromatic rings. The fourth-order valence-corrected chi connectivity index (χ4v) is 3.84. The number of benzene rings is 2. The number of carbonyl (C=O) groups is 1. The van der Waals surface area contributed by atoms with Crippen LogP contribution >= 0.6 is 11.3 Å². The van der Waals surface area contributed by atoms with Crippen LogP contribution in [0.3, 0.4) is 0 Å². The molecule has 0 atom stereocenters. The maximum atomic E-state index is 12.9. The molecule has 130 valence electrons. The molecular weight excluding hydrogens is 335 g/mol. The highest BCUT2D eigenvalue weighted by molar-refractivity contribution is 7.16. The Labute approximate surface area is 150 Å². The van der Waals surface area contributed by atoms with Crippen molar-refractivity contribution in [2.24, 2.45) is 12.0 Å². The second kappa shape index (κ2) is 7.74. The van der Waals surface area contributed by atoms with E-state index in [-0.39, 0.29) is 18.1 Å². The molecule has 1 aromatic heterocycles. The minimum atomic E-state index is -0.303. The molecule has 3 nitrogen and oxygen atoms in total. The van der Waals surface area contributed by atoms with Crippen LogP contribution in [-0.4, -0.2) is 10.5 Å². The van der Waals surface area contributed by atoms with Crippen LogP contribution in [0.4, 0.5) is 4.39 Å². The van der Waals surface area contributed by atoms with Crippen molar-refractivity contribution in [2.45, 2.75) is 32.6 Å². The van der Waals surface area contributed by atoms with E-state index in [1.807, 2.05) is 11.6 Å². The number of hydrogen-bond donors (Lipinski definition) is 0. The lowest BCUT2D eigenvalue weighted by atomic mass is 10.1. The van der Waals surface area contributed by atoms with Crippen LogP contribution in [-0.2, 0) is 24.7 Å². The summed E-state index contributed by atoms with van der Waals surface area (Å²) in [5.41, 5.74) is 3.17. The van der Waals surface area contributed by atoms with Crippen molar-refractivity contribution < 1.29 is 9.18 Å². The Morgan fingerprint density at radius 1 is 1.16 bits per heavy atom. The second-order valence-electron chi connectivity index (χ2n) is 6.16. The summed E-state index contributed by atoms with van der Waals surface area (Å²) in [5.74, 6) is -0.525. The van der Waals surface area contributed by atoms with Gasteiger partial charge in [-0.2, -0.15) is 4.99 Å². The molecule has 0 aliphatic heterocycles. The molecular formula is C20H21FN2OS. The third kappa shape index (κ3) is 4.23. The highest BCUT2D eigenvalue weighted by Gasteiger charge is 2.07. The number of fused-ring (bicyclic) bond motifs is 1. The number of nitrogens with zero attached hydrogens (tertiary/aromatic N) is 2. The van der Waals surface area contributed by atoms with E-state index >= 15 is 0 Å². The maximum Gasteiger partial charge on any atom is 0.252 e. The predicted molar refractivity (Wildman–Crippen MR) is 100 cm³/mol. The smallest absolute Gasteiger partial charge is 0.252 e. The van der Waals surface area contributed by atoms with Crippen LogP contribution in [0.1, 0.15) is 30.9 Å². The zero-order valence-corrected chi connectivity index (χ0v) is 15.3. The molecule has 1 heterocycles. The van der Waals surface area contributed by atoms with E-state index in [0.29, 0.717) is 4.80 Å². The number of aryl methyl sites for hydroxylation is 2. The Hall–Kier alpha value is -2.27. The number of halogens is 1. The Balaban J connectivity index is 1.86. The number of unbranched alkanes of at least 4 members (excludes halogenated alkanes) is 1. The maximum absolute atomic E-state index is 12.9. The minimum absolute atomic E-state index is 0.177. The van der Waals surface area contributed by atoms with E-state index in [4.69, 9.17) is 0 Å². The summed E-state index contributed by atoms with van der Waals surface area (Å²) >= 11 is 1.53. The van der Waals surface area contributed by atoms with Crippen LogP contribution in [0.25, 0.3) is 10.2 Å². The van der Waals surface area contributed by atoms with Crippen molar-refractivity contribution in [1.29, 1.82) is 0 Å². The Morgan fingerprint density at radius 2 is 1.88 bits per heavy atom. The zero-order valence-electron chi connectivity index (χ0n) is 14.5. The Bertz CT molecular complexity index is 954. The summed E-state index contributed by atoms with van der Waals surface area (Å²) in [6.07, 6.45) is 3.60. The molecule has 0 saturated heterocycles. The lowest BCUT2D eigenvalue weighted by molar-refractivity contribution is -0.117. The van der Waals surface area contributed by atoms with Gasteiger partial charge >= 0.3 is 0 Å². The normalized spacial score (nSPS) is 12.0. The highest BCUT2D eigenvalue weighted by atomic mass is 32.1. The van der Waals surface area contributed by atoms with Gasteiger partial charge in [-0.1, -0.05) is 42.9 Å². The lowest BCUT2D eigenvalue weighted by Gasteiger charge is -2.00. The van der Waals surface area contributed by atoms with Gasteiger partial charge in [-0.25, -0.2) is 4.39 Å². The number of amides is 1. The minimum Gasteiger partial charge on any atom is -0.319 e. The van der Waals surface area contributed by atoms with Gasteiger partial charge in [0.2, 0.25) is 0 Å². The van der Waals surface area contributed by atoms with E-state index in [0.717, 1.165) is 22.2 Å². The summed E-state index contributed by atoms with van der Waals surface area (Å²) in [7, 11) is 1.93. The summed E-state index contributed by atoms with van der Waals surface area (Å²) < 4.78 is 16.0. The number of aromatic nitrogens is 1. The first kappa shape index (κ1) is 17.5. The Morgan fingerprint density at radius 3 is 2.60 bits per heavy atom.